The molecule has 12 aromatic rings. The molecule has 0 N–H and O–H groups in total. The second kappa shape index (κ2) is 15.4. The summed E-state index contributed by atoms with van der Waals surface area (Å²) in [6.45, 7) is 0. The first-order valence-electron chi connectivity index (χ1n) is 23.4. The van der Waals surface area contributed by atoms with Crippen molar-refractivity contribution in [2.24, 2.45) is 0 Å². The molecule has 0 fully saturated rings. The molecule has 1 aliphatic heterocycles. The predicted octanol–water partition coefficient (Wildman–Crippen LogP) is 15.2. The van der Waals surface area contributed by atoms with E-state index in [4.69, 9.17) is 19.9 Å². The van der Waals surface area contributed by atoms with Crippen LogP contribution >= 0.6 is 0 Å². The molecule has 14 rings (SSSR count). The number of rotatable bonds is 6. The summed E-state index contributed by atoms with van der Waals surface area (Å²) < 4.78 is 2.38. The Kier molecular flexibility index (Phi) is 8.70. The van der Waals surface area contributed by atoms with E-state index in [1.165, 1.54) is 33.0 Å². The van der Waals surface area contributed by atoms with Gasteiger partial charge in [0.2, 0.25) is 5.95 Å². The third kappa shape index (κ3) is 5.92. The van der Waals surface area contributed by atoms with E-state index >= 15 is 0 Å². The van der Waals surface area contributed by atoms with Crippen LogP contribution in [0.4, 0.5) is 17.3 Å². The van der Waals surface area contributed by atoms with Gasteiger partial charge in [-0.05, 0) is 75.2 Å². The summed E-state index contributed by atoms with van der Waals surface area (Å²) in [4.78, 5) is 23.4. The zero-order valence-electron chi connectivity index (χ0n) is 37.3. The number of hydrogen-bond acceptors (Lipinski definition) is 5. The Labute approximate surface area is 399 Å². The molecule has 69 heavy (non-hydrogen) atoms. The number of imidazole rings is 1. The van der Waals surface area contributed by atoms with Crippen molar-refractivity contribution in [2.45, 2.75) is 5.41 Å². The van der Waals surface area contributed by atoms with Crippen LogP contribution in [0.15, 0.2) is 243 Å². The maximum Gasteiger partial charge on any atom is 0.220 e. The van der Waals surface area contributed by atoms with Crippen molar-refractivity contribution in [2.75, 3.05) is 4.90 Å². The van der Waals surface area contributed by atoms with Crippen molar-refractivity contribution in [3.8, 4) is 62.1 Å². The third-order valence-electron chi connectivity index (χ3n) is 14.1. The van der Waals surface area contributed by atoms with Gasteiger partial charge in [0, 0.05) is 38.9 Å². The molecular weight excluding hydrogens is 841 g/mol. The first-order valence-corrected chi connectivity index (χ1v) is 23.4. The lowest BCUT2D eigenvalue weighted by Gasteiger charge is -2.35. The molecule has 2 aliphatic rings. The minimum atomic E-state index is -0.735. The van der Waals surface area contributed by atoms with E-state index in [9.17, 15) is 0 Å². The Hall–Kier alpha value is -9.26. The molecule has 1 aliphatic carbocycles. The van der Waals surface area contributed by atoms with E-state index in [-0.39, 0.29) is 0 Å². The van der Waals surface area contributed by atoms with Crippen LogP contribution in [0.1, 0.15) is 22.3 Å². The van der Waals surface area contributed by atoms with Gasteiger partial charge in [0.1, 0.15) is 0 Å². The molecule has 10 aromatic carbocycles. The molecule has 0 radical (unpaired) electrons. The van der Waals surface area contributed by atoms with E-state index in [0.29, 0.717) is 17.5 Å². The summed E-state index contributed by atoms with van der Waals surface area (Å²) in [6, 6.07) is 86.6. The fraction of sp³-hybridized carbons (Fsp3) is 0.0159. The van der Waals surface area contributed by atoms with Crippen LogP contribution in [0.2, 0.25) is 0 Å². The largest absolute Gasteiger partial charge is 0.280 e. The standard InChI is InChI=1S/C63H40N6/c1-5-20-42(21-6-1)59-65-60(43-22-7-2-8-23-43)67-61(66-59)44-34-36-49-50-38-35-47(40-54(50)63(53(49)39-44,45-24-9-3-10-25-45)46-26-11-4-12-27-46)68-56-31-17-15-29-51(56)52-37-33-41-19-13-14-28-48(41)58(52)69-57-32-18-16-30-55(57)64-62(68)69/h1-40H. The molecule has 6 heteroatoms. The zero-order valence-corrected chi connectivity index (χ0v) is 37.3. The first kappa shape index (κ1) is 39.0. The summed E-state index contributed by atoms with van der Waals surface area (Å²) in [6.07, 6.45) is 0. The van der Waals surface area contributed by atoms with E-state index < -0.39 is 5.41 Å². The lowest BCUT2D eigenvalue weighted by molar-refractivity contribution is 0.768. The summed E-state index contributed by atoms with van der Waals surface area (Å²) >= 11 is 0. The zero-order chi connectivity index (χ0) is 45.5. The van der Waals surface area contributed by atoms with Crippen LogP contribution in [0, 0.1) is 0 Å². The van der Waals surface area contributed by atoms with Gasteiger partial charge in [-0.25, -0.2) is 19.9 Å². The van der Waals surface area contributed by atoms with Gasteiger partial charge in [0.15, 0.2) is 17.5 Å². The van der Waals surface area contributed by atoms with E-state index in [1.807, 2.05) is 36.4 Å². The Morgan fingerprint density at radius 2 is 0.899 bits per heavy atom. The van der Waals surface area contributed by atoms with Crippen LogP contribution in [0.3, 0.4) is 0 Å². The first-order chi connectivity index (χ1) is 34.2. The van der Waals surface area contributed by atoms with Crippen LogP contribution in [0.25, 0.3) is 83.9 Å². The fourth-order valence-electron chi connectivity index (χ4n) is 11.0. The van der Waals surface area contributed by atoms with Crippen LogP contribution in [-0.4, -0.2) is 24.5 Å². The fourth-order valence-corrected chi connectivity index (χ4v) is 11.0. The van der Waals surface area contributed by atoms with Gasteiger partial charge in [-0.2, -0.15) is 0 Å². The lowest BCUT2D eigenvalue weighted by atomic mass is 9.67. The summed E-state index contributed by atoms with van der Waals surface area (Å²) in [5.74, 6) is 2.71. The molecule has 0 amide bonds. The van der Waals surface area contributed by atoms with Crippen molar-refractivity contribution < 1.29 is 0 Å². The van der Waals surface area contributed by atoms with Crippen molar-refractivity contribution >= 4 is 39.1 Å². The highest BCUT2D eigenvalue weighted by molar-refractivity contribution is 6.05. The summed E-state index contributed by atoms with van der Waals surface area (Å²) in [7, 11) is 0. The normalized spacial score (nSPS) is 13.0. The van der Waals surface area contributed by atoms with Crippen molar-refractivity contribution in [1.29, 1.82) is 0 Å². The molecule has 0 saturated heterocycles. The molecule has 0 atom stereocenters. The quantitative estimate of drug-likeness (QED) is 0.166. The molecule has 3 heterocycles. The number of nitrogens with zero attached hydrogens (tertiary/aromatic N) is 6. The minimum Gasteiger partial charge on any atom is -0.280 e. The number of fused-ring (bicyclic) bond motifs is 12. The summed E-state index contributed by atoms with van der Waals surface area (Å²) in [5.41, 5.74) is 16.5. The second-order valence-electron chi connectivity index (χ2n) is 17.8. The molecule has 0 saturated carbocycles. The van der Waals surface area contributed by atoms with Crippen LogP contribution in [-0.2, 0) is 5.41 Å². The topological polar surface area (TPSA) is 59.7 Å². The van der Waals surface area contributed by atoms with Gasteiger partial charge in [0.25, 0.3) is 0 Å². The van der Waals surface area contributed by atoms with Crippen LogP contribution in [0.5, 0.6) is 0 Å². The van der Waals surface area contributed by atoms with Gasteiger partial charge in [-0.1, -0.05) is 206 Å². The van der Waals surface area contributed by atoms with E-state index in [2.05, 4.69) is 216 Å². The average Bonchev–Trinajstić information content (AvgIpc) is 3.91. The number of aromatic nitrogens is 5. The van der Waals surface area contributed by atoms with Crippen LogP contribution < -0.4 is 4.90 Å². The highest BCUT2D eigenvalue weighted by atomic mass is 15.3. The number of hydrogen-bond donors (Lipinski definition) is 0. The molecule has 0 bridgehead atoms. The average molecular weight is 881 g/mol. The molecule has 6 nitrogen and oxygen atoms in total. The molecule has 0 spiro atoms. The monoisotopic (exact) mass is 880 g/mol. The molecule has 2 aromatic heterocycles. The Bertz CT molecular complexity index is 3860. The Morgan fingerprint density at radius 1 is 0.362 bits per heavy atom. The van der Waals surface area contributed by atoms with E-state index in [1.54, 1.807) is 0 Å². The smallest absolute Gasteiger partial charge is 0.220 e. The molecular formula is C63H40N6. The van der Waals surface area contributed by atoms with Crippen molar-refractivity contribution in [3.05, 3.63) is 265 Å². The van der Waals surface area contributed by atoms with Gasteiger partial charge in [-0.15, -0.1) is 0 Å². The number of benzene rings is 10. The SMILES string of the molecule is c1ccc(-c2nc(-c3ccccc3)nc(-c3ccc4c(c3)C(c3ccccc3)(c3ccccc3)c3cc(N5c6ccccc6-c6ccc7ccccc7c6-n6c5nc5ccccc56)ccc3-4)n2)cc1. The Balaban J connectivity index is 1.04. The second-order valence-corrected chi connectivity index (χ2v) is 17.8. The minimum absolute atomic E-state index is 0.615. The van der Waals surface area contributed by atoms with E-state index in [0.717, 1.165) is 73.0 Å². The Morgan fingerprint density at radius 3 is 1.59 bits per heavy atom. The number of para-hydroxylation sites is 3. The number of anilines is 3. The van der Waals surface area contributed by atoms with Gasteiger partial charge in [0.05, 0.1) is 27.8 Å². The maximum atomic E-state index is 5.53. The highest BCUT2D eigenvalue weighted by Gasteiger charge is 2.47. The predicted molar refractivity (Wildman–Crippen MR) is 279 cm³/mol. The third-order valence-corrected chi connectivity index (χ3v) is 14.1. The summed E-state index contributed by atoms with van der Waals surface area (Å²) in [5, 5.41) is 2.36. The van der Waals surface area contributed by atoms with Crippen molar-refractivity contribution in [1.82, 2.24) is 24.5 Å². The van der Waals surface area contributed by atoms with Gasteiger partial charge in [-0.3, -0.25) is 9.47 Å². The molecule has 0 unspecified atom stereocenters. The van der Waals surface area contributed by atoms with Crippen molar-refractivity contribution in [3.63, 3.8) is 0 Å². The van der Waals surface area contributed by atoms with Gasteiger partial charge >= 0.3 is 0 Å². The lowest BCUT2D eigenvalue weighted by Crippen LogP contribution is -2.29. The highest BCUT2D eigenvalue weighted by Crippen LogP contribution is 2.59. The molecule has 322 valence electrons. The van der Waals surface area contributed by atoms with Gasteiger partial charge < -0.3 is 0 Å². The maximum absolute atomic E-state index is 5.53.